The molecule has 5 heteroatoms. The standard InChI is InChI=1S/C23H40O4Si/c1-17(2)28(18(3)4,19(5)6)27-22(16-25-8)23(20(7)14-24)26-15-21-12-10-9-11-13-21/h9-14,17-20,22-23H,15-16H2,1-8H3/t20-,22-,23-/m0/s1. The van der Waals surface area contributed by atoms with Crippen molar-refractivity contribution in [1.82, 2.24) is 0 Å². The zero-order valence-corrected chi connectivity index (χ0v) is 20.0. The third kappa shape index (κ3) is 6.24. The summed E-state index contributed by atoms with van der Waals surface area (Å²) in [5, 5.41) is 0. The number of hydrogen-bond donors (Lipinski definition) is 0. The van der Waals surface area contributed by atoms with E-state index in [0.29, 0.717) is 29.8 Å². The van der Waals surface area contributed by atoms with E-state index >= 15 is 0 Å². The Balaban J connectivity index is 3.16. The highest BCUT2D eigenvalue weighted by atomic mass is 28.4. The Hall–Kier alpha value is -1.01. The average Bonchev–Trinajstić information content (AvgIpc) is 2.65. The lowest BCUT2D eigenvalue weighted by atomic mass is 10.0. The van der Waals surface area contributed by atoms with Gasteiger partial charge in [0.25, 0.3) is 0 Å². The fourth-order valence-electron chi connectivity index (χ4n) is 4.47. The van der Waals surface area contributed by atoms with Crippen molar-refractivity contribution >= 4 is 14.6 Å². The van der Waals surface area contributed by atoms with Gasteiger partial charge < -0.3 is 18.7 Å². The lowest BCUT2D eigenvalue weighted by molar-refractivity contribution is -0.125. The summed E-state index contributed by atoms with van der Waals surface area (Å²) in [5.41, 5.74) is 2.44. The van der Waals surface area contributed by atoms with Crippen molar-refractivity contribution in [3.8, 4) is 0 Å². The van der Waals surface area contributed by atoms with Gasteiger partial charge in [-0.05, 0) is 22.2 Å². The largest absolute Gasteiger partial charge is 0.408 e. The Labute approximate surface area is 173 Å². The summed E-state index contributed by atoms with van der Waals surface area (Å²) >= 11 is 0. The molecule has 0 fully saturated rings. The molecule has 0 heterocycles. The van der Waals surface area contributed by atoms with Crippen molar-refractivity contribution in [2.45, 2.75) is 83.9 Å². The number of hydrogen-bond acceptors (Lipinski definition) is 4. The maximum atomic E-state index is 11.7. The van der Waals surface area contributed by atoms with E-state index in [1.54, 1.807) is 7.11 Å². The zero-order valence-electron chi connectivity index (χ0n) is 19.0. The first-order valence-corrected chi connectivity index (χ1v) is 12.6. The molecule has 160 valence electrons. The van der Waals surface area contributed by atoms with Crippen molar-refractivity contribution in [1.29, 1.82) is 0 Å². The molecule has 1 aromatic rings. The number of carbonyl (C=O) groups is 1. The van der Waals surface area contributed by atoms with Crippen LogP contribution in [0.4, 0.5) is 0 Å². The Morgan fingerprint density at radius 3 is 1.89 bits per heavy atom. The Morgan fingerprint density at radius 2 is 1.46 bits per heavy atom. The van der Waals surface area contributed by atoms with Crippen LogP contribution in [0.3, 0.4) is 0 Å². The monoisotopic (exact) mass is 408 g/mol. The molecular weight excluding hydrogens is 368 g/mol. The summed E-state index contributed by atoms with van der Waals surface area (Å²) in [6.45, 7) is 16.3. The molecule has 0 saturated carbocycles. The van der Waals surface area contributed by atoms with Gasteiger partial charge in [-0.2, -0.15) is 0 Å². The number of benzene rings is 1. The quantitative estimate of drug-likeness (QED) is 0.314. The smallest absolute Gasteiger partial charge is 0.201 e. The fraction of sp³-hybridized carbons (Fsp3) is 0.696. The van der Waals surface area contributed by atoms with Crippen LogP contribution >= 0.6 is 0 Å². The molecule has 1 rings (SSSR count). The third-order valence-corrected chi connectivity index (χ3v) is 11.9. The van der Waals surface area contributed by atoms with Gasteiger partial charge in [0.15, 0.2) is 0 Å². The molecule has 4 nitrogen and oxygen atoms in total. The summed E-state index contributed by atoms with van der Waals surface area (Å²) < 4.78 is 18.8. The minimum atomic E-state index is -2.13. The van der Waals surface area contributed by atoms with Gasteiger partial charge in [-0.15, -0.1) is 0 Å². The Morgan fingerprint density at radius 1 is 0.929 bits per heavy atom. The van der Waals surface area contributed by atoms with Crippen LogP contribution in [0.25, 0.3) is 0 Å². The first-order chi connectivity index (χ1) is 13.2. The van der Waals surface area contributed by atoms with Crippen LogP contribution in [0.1, 0.15) is 54.0 Å². The van der Waals surface area contributed by atoms with Gasteiger partial charge in [-0.25, -0.2) is 0 Å². The molecule has 0 aromatic heterocycles. The van der Waals surface area contributed by atoms with Crippen LogP contribution in [0, 0.1) is 5.92 Å². The Bertz CT molecular complexity index is 537. The van der Waals surface area contributed by atoms with E-state index in [-0.39, 0.29) is 18.1 Å². The molecule has 28 heavy (non-hydrogen) atoms. The van der Waals surface area contributed by atoms with E-state index in [9.17, 15) is 4.79 Å². The van der Waals surface area contributed by atoms with Crippen LogP contribution in [-0.2, 0) is 25.3 Å². The predicted octanol–water partition coefficient (Wildman–Crippen LogP) is 5.61. The van der Waals surface area contributed by atoms with Crippen LogP contribution in [0.15, 0.2) is 30.3 Å². The van der Waals surface area contributed by atoms with Gasteiger partial charge in [-0.1, -0.05) is 78.8 Å². The SMILES string of the molecule is COC[C@H](O[Si](C(C)C)(C(C)C)C(C)C)[C@@H](OCc1ccccc1)[C@@H](C)C=O. The number of carbonyl (C=O) groups excluding carboxylic acids is 1. The van der Waals surface area contributed by atoms with E-state index in [1.807, 2.05) is 37.3 Å². The lowest BCUT2D eigenvalue weighted by Crippen LogP contribution is -2.54. The average molecular weight is 409 g/mol. The highest BCUT2D eigenvalue weighted by Gasteiger charge is 2.48. The molecule has 0 unspecified atom stereocenters. The summed E-state index contributed by atoms with van der Waals surface area (Å²) in [4.78, 5) is 11.7. The van der Waals surface area contributed by atoms with Crippen LogP contribution in [0.5, 0.6) is 0 Å². The zero-order chi connectivity index (χ0) is 21.3. The van der Waals surface area contributed by atoms with Crippen molar-refractivity contribution < 1.29 is 18.7 Å². The summed E-state index contributed by atoms with van der Waals surface area (Å²) in [5.74, 6) is -0.276. The second kappa shape index (κ2) is 11.9. The van der Waals surface area contributed by atoms with E-state index in [4.69, 9.17) is 13.9 Å². The van der Waals surface area contributed by atoms with Gasteiger partial charge in [-0.3, -0.25) is 0 Å². The highest BCUT2D eigenvalue weighted by Crippen LogP contribution is 2.43. The molecule has 1 aromatic carbocycles. The third-order valence-electron chi connectivity index (χ3n) is 5.78. The normalized spacial score (nSPS) is 15.8. The molecule has 0 aliphatic heterocycles. The van der Waals surface area contributed by atoms with Crippen molar-refractivity contribution in [2.75, 3.05) is 13.7 Å². The molecule has 0 radical (unpaired) electrons. The molecule has 3 atom stereocenters. The fourth-order valence-corrected chi connectivity index (χ4v) is 10.0. The van der Waals surface area contributed by atoms with Gasteiger partial charge in [0.05, 0.1) is 25.4 Å². The van der Waals surface area contributed by atoms with Crippen LogP contribution in [-0.4, -0.2) is 40.5 Å². The number of ether oxygens (including phenoxy) is 2. The van der Waals surface area contributed by atoms with Gasteiger partial charge in [0, 0.05) is 13.0 Å². The van der Waals surface area contributed by atoms with Crippen LogP contribution in [0.2, 0.25) is 16.6 Å². The second-order valence-electron chi connectivity index (χ2n) is 8.69. The first kappa shape index (κ1) is 25.0. The second-order valence-corrected chi connectivity index (χ2v) is 14.1. The van der Waals surface area contributed by atoms with E-state index in [0.717, 1.165) is 11.8 Å². The van der Waals surface area contributed by atoms with Crippen molar-refractivity contribution in [3.05, 3.63) is 35.9 Å². The molecule has 0 N–H and O–H groups in total. The van der Waals surface area contributed by atoms with Gasteiger partial charge in [0.2, 0.25) is 8.32 Å². The first-order valence-electron chi connectivity index (χ1n) is 10.5. The van der Waals surface area contributed by atoms with E-state index < -0.39 is 8.32 Å². The number of aldehydes is 1. The molecule has 0 aliphatic rings. The molecule has 0 bridgehead atoms. The topological polar surface area (TPSA) is 44.8 Å². The number of rotatable bonds is 13. The summed E-state index contributed by atoms with van der Waals surface area (Å²) in [6, 6.07) is 10.0. The Kier molecular flexibility index (Phi) is 10.6. The van der Waals surface area contributed by atoms with Crippen LogP contribution < -0.4 is 0 Å². The number of methoxy groups -OCH3 is 1. The molecular formula is C23H40O4Si. The molecule has 0 saturated heterocycles. The minimum Gasteiger partial charge on any atom is -0.408 e. The maximum absolute atomic E-state index is 11.7. The summed E-state index contributed by atoms with van der Waals surface area (Å²) in [7, 11) is -0.453. The molecule has 0 spiro atoms. The van der Waals surface area contributed by atoms with Gasteiger partial charge >= 0.3 is 0 Å². The van der Waals surface area contributed by atoms with Crippen molar-refractivity contribution in [2.24, 2.45) is 5.92 Å². The summed E-state index contributed by atoms with van der Waals surface area (Å²) in [6.07, 6.45) is 0.346. The van der Waals surface area contributed by atoms with Gasteiger partial charge in [0.1, 0.15) is 6.29 Å². The van der Waals surface area contributed by atoms with Crippen molar-refractivity contribution in [3.63, 3.8) is 0 Å². The highest BCUT2D eigenvalue weighted by molar-refractivity contribution is 6.77. The molecule has 0 amide bonds. The van der Waals surface area contributed by atoms with E-state index in [2.05, 4.69) is 41.5 Å². The van der Waals surface area contributed by atoms with E-state index in [1.165, 1.54) is 0 Å². The minimum absolute atomic E-state index is 0.271. The lowest BCUT2D eigenvalue weighted by Gasteiger charge is -2.46. The predicted molar refractivity (Wildman–Crippen MR) is 118 cm³/mol. The maximum Gasteiger partial charge on any atom is 0.201 e. The molecule has 0 aliphatic carbocycles.